The van der Waals surface area contributed by atoms with Gasteiger partial charge >= 0.3 is 0 Å². The fourth-order valence-electron chi connectivity index (χ4n) is 1.15. The maximum absolute atomic E-state index is 12.7. The molecule has 1 aliphatic heterocycles. The van der Waals surface area contributed by atoms with Crippen molar-refractivity contribution in [3.05, 3.63) is 29.8 Å². The molecule has 1 unspecified atom stereocenters. The van der Waals surface area contributed by atoms with Crippen molar-refractivity contribution in [2.45, 2.75) is 12.5 Å². The van der Waals surface area contributed by atoms with Crippen LogP contribution < -0.4 is 4.74 Å². The Labute approximate surface area is 80.4 Å². The van der Waals surface area contributed by atoms with Gasteiger partial charge in [0.15, 0.2) is 0 Å². The van der Waals surface area contributed by atoms with E-state index in [9.17, 15) is 8.78 Å². The summed E-state index contributed by atoms with van der Waals surface area (Å²) >= 11 is 0. The zero-order chi connectivity index (χ0) is 9.97. The summed E-state index contributed by atoms with van der Waals surface area (Å²) in [7, 11) is 0. The highest BCUT2D eigenvalue weighted by atomic mass is 19.1. The SMILES string of the molecule is Fc1cc(F)cc(OCCC2CO2)c1. The summed E-state index contributed by atoms with van der Waals surface area (Å²) in [6, 6.07) is 3.14. The molecule has 1 aliphatic rings. The Hall–Kier alpha value is -1.16. The number of halogens is 2. The molecule has 0 saturated carbocycles. The Kier molecular flexibility index (Phi) is 2.63. The van der Waals surface area contributed by atoms with Crippen molar-refractivity contribution < 1.29 is 18.3 Å². The molecule has 2 rings (SSSR count). The molecule has 0 radical (unpaired) electrons. The van der Waals surface area contributed by atoms with Crippen molar-refractivity contribution in [2.75, 3.05) is 13.2 Å². The minimum absolute atomic E-state index is 0.225. The molecule has 0 bridgehead atoms. The zero-order valence-corrected chi connectivity index (χ0v) is 7.50. The second-order valence-corrected chi connectivity index (χ2v) is 3.20. The van der Waals surface area contributed by atoms with E-state index < -0.39 is 11.6 Å². The third kappa shape index (κ3) is 2.67. The average Bonchev–Trinajstić information content (AvgIpc) is 2.86. The molecular weight excluding hydrogens is 190 g/mol. The van der Waals surface area contributed by atoms with Crippen LogP contribution in [0.3, 0.4) is 0 Å². The topological polar surface area (TPSA) is 21.8 Å². The van der Waals surface area contributed by atoms with Crippen LogP contribution in [-0.4, -0.2) is 19.3 Å². The van der Waals surface area contributed by atoms with E-state index in [1.54, 1.807) is 0 Å². The van der Waals surface area contributed by atoms with Crippen LogP contribution in [0.2, 0.25) is 0 Å². The number of epoxide rings is 1. The Balaban J connectivity index is 1.87. The summed E-state index contributed by atoms with van der Waals surface area (Å²) in [6.07, 6.45) is 1.03. The quantitative estimate of drug-likeness (QED) is 0.694. The molecule has 1 aromatic carbocycles. The summed E-state index contributed by atoms with van der Waals surface area (Å²) in [5, 5.41) is 0. The first-order valence-corrected chi connectivity index (χ1v) is 4.44. The van der Waals surface area contributed by atoms with Gasteiger partial charge in [0, 0.05) is 24.6 Å². The van der Waals surface area contributed by atoms with Crippen molar-refractivity contribution in [1.82, 2.24) is 0 Å². The van der Waals surface area contributed by atoms with Gasteiger partial charge < -0.3 is 9.47 Å². The maximum Gasteiger partial charge on any atom is 0.129 e. The molecule has 76 valence electrons. The Morgan fingerprint density at radius 2 is 1.93 bits per heavy atom. The van der Waals surface area contributed by atoms with Crippen LogP contribution in [0.5, 0.6) is 5.75 Å². The molecular formula is C10H10F2O2. The first-order chi connectivity index (χ1) is 6.74. The number of hydrogen-bond donors (Lipinski definition) is 0. The zero-order valence-electron chi connectivity index (χ0n) is 7.50. The van der Waals surface area contributed by atoms with E-state index in [0.29, 0.717) is 6.61 Å². The fourth-order valence-corrected chi connectivity index (χ4v) is 1.15. The fraction of sp³-hybridized carbons (Fsp3) is 0.400. The lowest BCUT2D eigenvalue weighted by molar-refractivity contribution is 0.281. The van der Waals surface area contributed by atoms with E-state index in [0.717, 1.165) is 31.2 Å². The smallest absolute Gasteiger partial charge is 0.129 e. The van der Waals surface area contributed by atoms with E-state index >= 15 is 0 Å². The Morgan fingerprint density at radius 1 is 1.29 bits per heavy atom. The Morgan fingerprint density at radius 3 is 2.50 bits per heavy atom. The lowest BCUT2D eigenvalue weighted by atomic mass is 10.3. The van der Waals surface area contributed by atoms with Crippen LogP contribution in [0, 0.1) is 11.6 Å². The van der Waals surface area contributed by atoms with Gasteiger partial charge in [0.25, 0.3) is 0 Å². The van der Waals surface area contributed by atoms with Crippen LogP contribution in [0.15, 0.2) is 18.2 Å². The van der Waals surface area contributed by atoms with E-state index in [-0.39, 0.29) is 11.9 Å². The van der Waals surface area contributed by atoms with Crippen molar-refractivity contribution in [3.63, 3.8) is 0 Å². The van der Waals surface area contributed by atoms with E-state index in [1.807, 2.05) is 0 Å². The minimum Gasteiger partial charge on any atom is -0.493 e. The largest absolute Gasteiger partial charge is 0.493 e. The second kappa shape index (κ2) is 3.92. The molecule has 14 heavy (non-hydrogen) atoms. The predicted octanol–water partition coefficient (Wildman–Crippen LogP) is 2.13. The summed E-state index contributed by atoms with van der Waals surface area (Å²) in [6.45, 7) is 1.19. The monoisotopic (exact) mass is 200 g/mol. The minimum atomic E-state index is -0.623. The molecule has 1 fully saturated rings. The molecule has 1 aromatic rings. The van der Waals surface area contributed by atoms with E-state index in [4.69, 9.17) is 9.47 Å². The van der Waals surface area contributed by atoms with Crippen molar-refractivity contribution in [3.8, 4) is 5.75 Å². The highest BCUT2D eigenvalue weighted by Crippen LogP contribution is 2.17. The predicted molar refractivity (Wildman–Crippen MR) is 46.2 cm³/mol. The number of hydrogen-bond acceptors (Lipinski definition) is 2. The van der Waals surface area contributed by atoms with Gasteiger partial charge in [-0.05, 0) is 0 Å². The normalized spacial score (nSPS) is 19.4. The lowest BCUT2D eigenvalue weighted by Crippen LogP contribution is -2.01. The van der Waals surface area contributed by atoms with Crippen LogP contribution in [0.25, 0.3) is 0 Å². The molecule has 0 aromatic heterocycles. The number of rotatable bonds is 4. The van der Waals surface area contributed by atoms with Gasteiger partial charge in [-0.15, -0.1) is 0 Å². The van der Waals surface area contributed by atoms with Gasteiger partial charge in [0.2, 0.25) is 0 Å². The summed E-state index contributed by atoms with van der Waals surface area (Å²) in [5.74, 6) is -1.02. The summed E-state index contributed by atoms with van der Waals surface area (Å²) in [4.78, 5) is 0. The Bertz CT molecular complexity index is 304. The highest BCUT2D eigenvalue weighted by Gasteiger charge is 2.21. The second-order valence-electron chi connectivity index (χ2n) is 3.20. The first kappa shape index (κ1) is 9.40. The van der Waals surface area contributed by atoms with Gasteiger partial charge in [0.1, 0.15) is 17.4 Å². The highest BCUT2D eigenvalue weighted by molar-refractivity contribution is 5.23. The number of ether oxygens (including phenoxy) is 2. The van der Waals surface area contributed by atoms with E-state index in [1.165, 1.54) is 0 Å². The molecule has 2 nitrogen and oxygen atoms in total. The maximum atomic E-state index is 12.7. The molecule has 0 amide bonds. The van der Waals surface area contributed by atoms with Gasteiger partial charge in [-0.1, -0.05) is 0 Å². The van der Waals surface area contributed by atoms with E-state index in [2.05, 4.69) is 0 Å². The standard InChI is InChI=1S/C10H10F2O2/c11-7-3-8(12)5-10(4-7)13-2-1-9-6-14-9/h3-5,9H,1-2,6H2. The molecule has 0 spiro atoms. The third-order valence-electron chi connectivity index (χ3n) is 1.95. The molecule has 0 aliphatic carbocycles. The molecule has 4 heteroatoms. The lowest BCUT2D eigenvalue weighted by Gasteiger charge is -2.04. The van der Waals surface area contributed by atoms with Crippen LogP contribution >= 0.6 is 0 Å². The van der Waals surface area contributed by atoms with Crippen LogP contribution in [0.1, 0.15) is 6.42 Å². The van der Waals surface area contributed by atoms with Crippen LogP contribution in [-0.2, 0) is 4.74 Å². The summed E-state index contributed by atoms with van der Waals surface area (Å²) in [5.41, 5.74) is 0. The third-order valence-corrected chi connectivity index (χ3v) is 1.95. The molecule has 1 atom stereocenters. The number of benzene rings is 1. The van der Waals surface area contributed by atoms with Gasteiger partial charge in [0.05, 0.1) is 19.3 Å². The van der Waals surface area contributed by atoms with Gasteiger partial charge in [-0.3, -0.25) is 0 Å². The molecule has 0 N–H and O–H groups in total. The average molecular weight is 200 g/mol. The van der Waals surface area contributed by atoms with Crippen LogP contribution in [0.4, 0.5) is 8.78 Å². The van der Waals surface area contributed by atoms with Crippen molar-refractivity contribution in [1.29, 1.82) is 0 Å². The van der Waals surface area contributed by atoms with Crippen molar-refractivity contribution >= 4 is 0 Å². The van der Waals surface area contributed by atoms with Crippen molar-refractivity contribution in [2.24, 2.45) is 0 Å². The summed E-state index contributed by atoms with van der Waals surface area (Å²) < 4.78 is 35.5. The van der Waals surface area contributed by atoms with Gasteiger partial charge in [-0.2, -0.15) is 0 Å². The molecule has 1 saturated heterocycles. The van der Waals surface area contributed by atoms with Gasteiger partial charge in [-0.25, -0.2) is 8.78 Å². The molecule has 1 heterocycles. The first-order valence-electron chi connectivity index (χ1n) is 4.44.